The molecule has 0 aromatic carbocycles. The third-order valence-corrected chi connectivity index (χ3v) is 2.82. The van der Waals surface area contributed by atoms with Crippen molar-refractivity contribution in [3.63, 3.8) is 0 Å². The van der Waals surface area contributed by atoms with E-state index >= 15 is 0 Å². The van der Waals surface area contributed by atoms with E-state index in [-0.39, 0.29) is 6.04 Å². The van der Waals surface area contributed by atoms with Gasteiger partial charge in [-0.25, -0.2) is 0 Å². The molecule has 1 nitrogen and oxygen atoms in total. The van der Waals surface area contributed by atoms with Crippen molar-refractivity contribution in [1.29, 1.82) is 0 Å². The quantitative estimate of drug-likeness (QED) is 0.692. The maximum absolute atomic E-state index is 5.85. The van der Waals surface area contributed by atoms with E-state index in [1.54, 1.807) is 0 Å². The van der Waals surface area contributed by atoms with E-state index < -0.39 is 0 Å². The second-order valence-corrected chi connectivity index (χ2v) is 4.83. The highest BCUT2D eigenvalue weighted by Gasteiger charge is 2.26. The van der Waals surface area contributed by atoms with Crippen molar-refractivity contribution in [2.45, 2.75) is 46.6 Å². The Hall–Kier alpha value is -0.560. The van der Waals surface area contributed by atoms with Crippen molar-refractivity contribution >= 4 is 0 Å². The first-order chi connectivity index (χ1) is 5.93. The molecule has 0 radical (unpaired) electrons. The van der Waals surface area contributed by atoms with E-state index in [4.69, 9.17) is 5.73 Å². The zero-order valence-electron chi connectivity index (χ0n) is 9.22. The Morgan fingerprint density at radius 1 is 1.54 bits per heavy atom. The maximum atomic E-state index is 5.85. The van der Waals surface area contributed by atoms with Gasteiger partial charge in [-0.1, -0.05) is 37.1 Å². The van der Waals surface area contributed by atoms with Gasteiger partial charge in [0.25, 0.3) is 0 Å². The van der Waals surface area contributed by atoms with Gasteiger partial charge in [-0.3, -0.25) is 0 Å². The van der Waals surface area contributed by atoms with Crippen LogP contribution in [0.4, 0.5) is 0 Å². The summed E-state index contributed by atoms with van der Waals surface area (Å²) in [6.07, 6.45) is 6.67. The van der Waals surface area contributed by atoms with Crippen molar-refractivity contribution in [3.05, 3.63) is 23.3 Å². The lowest BCUT2D eigenvalue weighted by molar-refractivity contribution is 0.417. The van der Waals surface area contributed by atoms with Crippen molar-refractivity contribution in [2.75, 3.05) is 0 Å². The number of hydrogen-bond donors (Lipinski definition) is 1. The van der Waals surface area contributed by atoms with E-state index in [2.05, 4.69) is 39.8 Å². The minimum atomic E-state index is 0.274. The third-order valence-electron chi connectivity index (χ3n) is 2.82. The molecule has 1 aliphatic carbocycles. The summed E-state index contributed by atoms with van der Waals surface area (Å²) >= 11 is 0. The fourth-order valence-corrected chi connectivity index (χ4v) is 2.05. The van der Waals surface area contributed by atoms with Crippen LogP contribution in [-0.4, -0.2) is 6.04 Å². The maximum Gasteiger partial charge on any atom is 0.00480 e. The number of hydrogen-bond acceptors (Lipinski definition) is 1. The molecule has 0 bridgehead atoms. The average Bonchev–Trinajstić information content (AvgIpc) is 1.96. The van der Waals surface area contributed by atoms with E-state index in [0.29, 0.717) is 5.41 Å². The molecular weight excluding hydrogens is 158 g/mol. The van der Waals surface area contributed by atoms with Gasteiger partial charge in [-0.15, -0.1) is 0 Å². The molecule has 1 aliphatic rings. The van der Waals surface area contributed by atoms with Crippen LogP contribution in [0, 0.1) is 5.41 Å². The molecule has 0 aromatic heterocycles. The molecule has 13 heavy (non-hydrogen) atoms. The predicted molar refractivity (Wildman–Crippen MR) is 58.5 cm³/mol. The largest absolute Gasteiger partial charge is 0.328 e. The first-order valence-corrected chi connectivity index (χ1v) is 5.06. The van der Waals surface area contributed by atoms with Gasteiger partial charge in [0.05, 0.1) is 0 Å². The van der Waals surface area contributed by atoms with Crippen LogP contribution in [0.3, 0.4) is 0 Å². The van der Waals surface area contributed by atoms with Gasteiger partial charge >= 0.3 is 0 Å². The normalized spacial score (nSPS) is 23.5. The highest BCUT2D eigenvalue weighted by atomic mass is 14.6. The highest BCUT2D eigenvalue weighted by Crippen LogP contribution is 2.38. The second-order valence-electron chi connectivity index (χ2n) is 4.83. The minimum Gasteiger partial charge on any atom is -0.328 e. The molecule has 0 aromatic rings. The van der Waals surface area contributed by atoms with E-state index in [1.165, 1.54) is 11.1 Å². The van der Waals surface area contributed by atoms with Crippen LogP contribution < -0.4 is 5.73 Å². The molecule has 0 heterocycles. The van der Waals surface area contributed by atoms with E-state index in [1.807, 2.05) is 0 Å². The molecule has 0 saturated carbocycles. The smallest absolute Gasteiger partial charge is 0.00480 e. The summed E-state index contributed by atoms with van der Waals surface area (Å²) in [7, 11) is 0. The Balaban J connectivity index is 2.91. The Morgan fingerprint density at radius 2 is 2.15 bits per heavy atom. The average molecular weight is 179 g/mol. The standard InChI is InChI=1S/C12H21N/c1-9-6-5-7-12(3,4)11(9)8-10(2)13/h5-6,10H,7-8,13H2,1-4H3. The van der Waals surface area contributed by atoms with Crippen LogP contribution in [0.15, 0.2) is 23.3 Å². The molecular formula is C12H21N. The Morgan fingerprint density at radius 3 is 2.62 bits per heavy atom. The molecule has 0 amide bonds. The van der Waals surface area contributed by atoms with Crippen LogP contribution in [-0.2, 0) is 0 Å². The summed E-state index contributed by atoms with van der Waals surface area (Å²) in [6, 6.07) is 0.274. The summed E-state index contributed by atoms with van der Waals surface area (Å²) < 4.78 is 0. The molecule has 0 saturated heterocycles. The first-order valence-electron chi connectivity index (χ1n) is 5.06. The zero-order valence-corrected chi connectivity index (χ0v) is 9.22. The van der Waals surface area contributed by atoms with Gasteiger partial charge < -0.3 is 5.73 Å². The lowest BCUT2D eigenvalue weighted by Crippen LogP contribution is -2.24. The molecule has 0 fully saturated rings. The Bertz CT molecular complexity index is 244. The van der Waals surface area contributed by atoms with Gasteiger partial charge in [0.1, 0.15) is 0 Å². The molecule has 1 atom stereocenters. The lowest BCUT2D eigenvalue weighted by atomic mass is 9.73. The lowest BCUT2D eigenvalue weighted by Gasteiger charge is -2.32. The molecule has 0 spiro atoms. The van der Waals surface area contributed by atoms with Crippen LogP contribution in [0.1, 0.15) is 40.5 Å². The van der Waals surface area contributed by atoms with Crippen LogP contribution >= 0.6 is 0 Å². The molecule has 2 N–H and O–H groups in total. The number of allylic oxidation sites excluding steroid dienone is 3. The molecule has 1 rings (SSSR count). The van der Waals surface area contributed by atoms with Gasteiger partial charge in [-0.2, -0.15) is 0 Å². The zero-order chi connectivity index (χ0) is 10.1. The summed E-state index contributed by atoms with van der Waals surface area (Å²) in [5.74, 6) is 0. The minimum absolute atomic E-state index is 0.274. The third kappa shape index (κ3) is 2.44. The molecule has 1 heteroatoms. The van der Waals surface area contributed by atoms with E-state index in [0.717, 1.165) is 12.8 Å². The van der Waals surface area contributed by atoms with Gasteiger partial charge in [-0.05, 0) is 32.1 Å². The van der Waals surface area contributed by atoms with Gasteiger partial charge in [0.15, 0.2) is 0 Å². The van der Waals surface area contributed by atoms with Crippen molar-refractivity contribution in [3.8, 4) is 0 Å². The number of nitrogens with two attached hydrogens (primary N) is 1. The van der Waals surface area contributed by atoms with Crippen molar-refractivity contribution in [1.82, 2.24) is 0 Å². The van der Waals surface area contributed by atoms with Gasteiger partial charge in [0.2, 0.25) is 0 Å². The van der Waals surface area contributed by atoms with Gasteiger partial charge in [0, 0.05) is 6.04 Å². The molecule has 0 aliphatic heterocycles. The SMILES string of the molecule is CC1=C(CC(C)N)C(C)(C)CC=C1. The monoisotopic (exact) mass is 179 g/mol. The summed E-state index contributed by atoms with van der Waals surface area (Å²) in [5.41, 5.74) is 9.10. The van der Waals surface area contributed by atoms with E-state index in [9.17, 15) is 0 Å². The second kappa shape index (κ2) is 3.67. The topological polar surface area (TPSA) is 26.0 Å². The van der Waals surface area contributed by atoms with Crippen molar-refractivity contribution < 1.29 is 0 Å². The Kier molecular flexibility index (Phi) is 2.97. The Labute approximate surface area is 81.7 Å². The van der Waals surface area contributed by atoms with Crippen LogP contribution in [0.5, 0.6) is 0 Å². The summed E-state index contributed by atoms with van der Waals surface area (Å²) in [5, 5.41) is 0. The summed E-state index contributed by atoms with van der Waals surface area (Å²) in [6.45, 7) is 8.87. The van der Waals surface area contributed by atoms with Crippen LogP contribution in [0.25, 0.3) is 0 Å². The first kappa shape index (κ1) is 10.5. The van der Waals surface area contributed by atoms with Crippen LogP contribution in [0.2, 0.25) is 0 Å². The highest BCUT2D eigenvalue weighted by molar-refractivity contribution is 5.33. The molecule has 1 unspecified atom stereocenters. The van der Waals surface area contributed by atoms with Crippen molar-refractivity contribution in [2.24, 2.45) is 11.1 Å². The summed E-state index contributed by atoms with van der Waals surface area (Å²) in [4.78, 5) is 0. The number of rotatable bonds is 2. The fourth-order valence-electron chi connectivity index (χ4n) is 2.05. The fraction of sp³-hybridized carbons (Fsp3) is 0.667. The predicted octanol–water partition coefficient (Wildman–Crippen LogP) is 3.03. The molecule has 74 valence electrons.